The number of carbonyl (C=O) groups excluding carboxylic acids is 2. The second-order valence-electron chi connectivity index (χ2n) is 7.44. The van der Waals surface area contributed by atoms with Crippen molar-refractivity contribution in [3.8, 4) is 17.2 Å². The van der Waals surface area contributed by atoms with E-state index in [1.807, 2.05) is 31.2 Å². The Bertz CT molecular complexity index is 1420. The molecule has 0 radical (unpaired) electrons. The van der Waals surface area contributed by atoms with Crippen LogP contribution >= 0.6 is 15.9 Å². The molecular formula is C27H21BrN2O5. The van der Waals surface area contributed by atoms with E-state index >= 15 is 0 Å². The van der Waals surface area contributed by atoms with Crippen LogP contribution < -0.4 is 14.9 Å². The topological polar surface area (TPSA) is 97.2 Å². The molecule has 0 unspecified atom stereocenters. The lowest BCUT2D eigenvalue weighted by atomic mass is 10.1. The number of ether oxygens (including phenoxy) is 2. The Morgan fingerprint density at radius 3 is 2.43 bits per heavy atom. The summed E-state index contributed by atoms with van der Waals surface area (Å²) in [6.07, 6.45) is 1.36. The third kappa shape index (κ3) is 5.85. The Hall–Kier alpha value is -4.17. The molecule has 4 aromatic carbocycles. The fourth-order valence-electron chi connectivity index (χ4n) is 3.36. The molecule has 4 rings (SSSR count). The van der Waals surface area contributed by atoms with Gasteiger partial charge < -0.3 is 14.6 Å². The predicted molar refractivity (Wildman–Crippen MR) is 137 cm³/mol. The number of nitrogens with one attached hydrogen (secondary N) is 1. The molecule has 0 heterocycles. The number of phenolic OH excluding ortho intramolecular Hbond substituents is 1. The molecule has 0 saturated heterocycles. The number of esters is 1. The molecule has 0 saturated carbocycles. The van der Waals surface area contributed by atoms with Crippen LogP contribution in [-0.4, -0.2) is 29.8 Å². The van der Waals surface area contributed by atoms with Gasteiger partial charge in [-0.15, -0.1) is 0 Å². The number of amides is 1. The van der Waals surface area contributed by atoms with Gasteiger partial charge in [0.05, 0.1) is 23.9 Å². The van der Waals surface area contributed by atoms with E-state index in [0.717, 1.165) is 15.2 Å². The maximum absolute atomic E-state index is 12.6. The Balaban J connectivity index is 1.49. The van der Waals surface area contributed by atoms with Crippen LogP contribution in [0, 0.1) is 0 Å². The molecule has 2 N–H and O–H groups in total. The monoisotopic (exact) mass is 532 g/mol. The Morgan fingerprint density at radius 2 is 1.71 bits per heavy atom. The van der Waals surface area contributed by atoms with Gasteiger partial charge in [-0.1, -0.05) is 40.2 Å². The third-order valence-electron chi connectivity index (χ3n) is 5.05. The van der Waals surface area contributed by atoms with Crippen LogP contribution in [0.4, 0.5) is 0 Å². The van der Waals surface area contributed by atoms with E-state index in [4.69, 9.17) is 9.47 Å². The smallest absolute Gasteiger partial charge is 0.343 e. The molecule has 4 aromatic rings. The molecule has 176 valence electrons. The molecule has 0 bridgehead atoms. The number of benzene rings is 4. The Kier molecular flexibility index (Phi) is 7.42. The van der Waals surface area contributed by atoms with Crippen molar-refractivity contribution < 1.29 is 24.2 Å². The van der Waals surface area contributed by atoms with Crippen molar-refractivity contribution in [2.45, 2.75) is 6.92 Å². The van der Waals surface area contributed by atoms with Crippen molar-refractivity contribution in [3.63, 3.8) is 0 Å². The molecule has 0 aromatic heterocycles. The van der Waals surface area contributed by atoms with Crippen molar-refractivity contribution in [1.29, 1.82) is 0 Å². The fourth-order valence-corrected chi connectivity index (χ4v) is 3.74. The largest absolute Gasteiger partial charge is 0.507 e. The highest BCUT2D eigenvalue weighted by atomic mass is 79.9. The van der Waals surface area contributed by atoms with Gasteiger partial charge in [-0.3, -0.25) is 4.79 Å². The van der Waals surface area contributed by atoms with Gasteiger partial charge in [0.15, 0.2) is 0 Å². The van der Waals surface area contributed by atoms with E-state index in [0.29, 0.717) is 23.5 Å². The number of fused-ring (bicyclic) bond motifs is 1. The number of phenols is 1. The SMILES string of the molecule is CCOc1ccc(C(=O)Oc2ccc(Br)cc2C=NNC(=O)c2cc3ccccc3cc2O)cc1. The maximum atomic E-state index is 12.6. The summed E-state index contributed by atoms with van der Waals surface area (Å²) in [5, 5.41) is 15.9. The molecule has 0 spiro atoms. The summed E-state index contributed by atoms with van der Waals surface area (Å²) >= 11 is 3.38. The lowest BCUT2D eigenvalue weighted by Crippen LogP contribution is -2.18. The van der Waals surface area contributed by atoms with Gasteiger partial charge in [0, 0.05) is 10.0 Å². The molecule has 0 fully saturated rings. The number of aromatic hydroxyl groups is 1. The summed E-state index contributed by atoms with van der Waals surface area (Å²) in [7, 11) is 0. The molecule has 0 aliphatic heterocycles. The van der Waals surface area contributed by atoms with Crippen LogP contribution in [-0.2, 0) is 0 Å². The standard InChI is InChI=1S/C27H21BrN2O5/c1-2-34-22-10-7-17(8-11-22)27(33)35-25-12-9-21(28)13-20(25)16-29-30-26(32)23-14-18-5-3-4-6-19(18)15-24(23)31/h3-16,31H,2H2,1H3,(H,30,32). The minimum absolute atomic E-state index is 0.0947. The fraction of sp³-hybridized carbons (Fsp3) is 0.0741. The predicted octanol–water partition coefficient (Wildman–Crippen LogP) is 5.69. The van der Waals surface area contributed by atoms with Gasteiger partial charge in [0.1, 0.15) is 17.2 Å². The summed E-state index contributed by atoms with van der Waals surface area (Å²) in [4.78, 5) is 25.2. The molecular weight excluding hydrogens is 512 g/mol. The van der Waals surface area contributed by atoms with Crippen LogP contribution in [0.15, 0.2) is 88.4 Å². The number of hydrogen-bond donors (Lipinski definition) is 2. The average molecular weight is 533 g/mol. The highest BCUT2D eigenvalue weighted by Crippen LogP contribution is 2.26. The summed E-state index contributed by atoms with van der Waals surface area (Å²) in [6, 6.07) is 22.2. The number of hydrazone groups is 1. The summed E-state index contributed by atoms with van der Waals surface area (Å²) < 4.78 is 11.7. The van der Waals surface area contributed by atoms with Crippen LogP contribution in [0.3, 0.4) is 0 Å². The van der Waals surface area contributed by atoms with E-state index in [2.05, 4.69) is 26.5 Å². The minimum atomic E-state index is -0.576. The quantitative estimate of drug-likeness (QED) is 0.138. The van der Waals surface area contributed by atoms with Gasteiger partial charge in [0.2, 0.25) is 0 Å². The number of rotatable bonds is 7. The molecule has 7 nitrogen and oxygen atoms in total. The Labute approximate surface area is 210 Å². The normalized spacial score (nSPS) is 10.9. The van der Waals surface area contributed by atoms with E-state index in [9.17, 15) is 14.7 Å². The van der Waals surface area contributed by atoms with Crippen LogP contribution in [0.2, 0.25) is 0 Å². The van der Waals surface area contributed by atoms with Gasteiger partial charge in [-0.2, -0.15) is 5.10 Å². The highest BCUT2D eigenvalue weighted by Gasteiger charge is 2.14. The second kappa shape index (κ2) is 10.8. The molecule has 0 aliphatic carbocycles. The average Bonchev–Trinajstić information content (AvgIpc) is 2.85. The van der Waals surface area contributed by atoms with E-state index < -0.39 is 11.9 Å². The van der Waals surface area contributed by atoms with Crippen LogP contribution in [0.1, 0.15) is 33.2 Å². The van der Waals surface area contributed by atoms with Gasteiger partial charge in [-0.05, 0) is 72.3 Å². The minimum Gasteiger partial charge on any atom is -0.507 e. The van der Waals surface area contributed by atoms with Crippen molar-refractivity contribution >= 4 is 44.8 Å². The number of halogens is 1. The van der Waals surface area contributed by atoms with Gasteiger partial charge in [0.25, 0.3) is 5.91 Å². The van der Waals surface area contributed by atoms with E-state index in [1.165, 1.54) is 12.3 Å². The van der Waals surface area contributed by atoms with E-state index in [-0.39, 0.29) is 17.1 Å². The van der Waals surface area contributed by atoms with Crippen molar-refractivity contribution in [2.24, 2.45) is 5.10 Å². The molecule has 8 heteroatoms. The zero-order valence-electron chi connectivity index (χ0n) is 18.7. The Morgan fingerprint density at radius 1 is 1.00 bits per heavy atom. The first-order chi connectivity index (χ1) is 16.9. The van der Waals surface area contributed by atoms with Crippen LogP contribution in [0.25, 0.3) is 10.8 Å². The van der Waals surface area contributed by atoms with Crippen molar-refractivity contribution in [2.75, 3.05) is 6.61 Å². The second-order valence-corrected chi connectivity index (χ2v) is 8.36. The maximum Gasteiger partial charge on any atom is 0.343 e. The van der Waals surface area contributed by atoms with Crippen molar-refractivity contribution in [3.05, 3.63) is 100 Å². The molecule has 35 heavy (non-hydrogen) atoms. The zero-order valence-corrected chi connectivity index (χ0v) is 20.3. The van der Waals surface area contributed by atoms with Gasteiger partial charge >= 0.3 is 5.97 Å². The summed E-state index contributed by atoms with van der Waals surface area (Å²) in [5.74, 6) is -0.348. The molecule has 0 atom stereocenters. The van der Waals surface area contributed by atoms with Gasteiger partial charge in [-0.25, -0.2) is 10.2 Å². The number of carbonyl (C=O) groups is 2. The molecule has 1 amide bonds. The number of nitrogens with zero attached hydrogens (tertiary/aromatic N) is 1. The van der Waals surface area contributed by atoms with Crippen molar-refractivity contribution in [1.82, 2.24) is 5.43 Å². The first-order valence-corrected chi connectivity index (χ1v) is 11.5. The highest BCUT2D eigenvalue weighted by molar-refractivity contribution is 9.10. The molecule has 0 aliphatic rings. The zero-order chi connectivity index (χ0) is 24.8. The first-order valence-electron chi connectivity index (χ1n) is 10.7. The van der Waals surface area contributed by atoms with E-state index in [1.54, 1.807) is 48.5 Å². The van der Waals surface area contributed by atoms with Crippen LogP contribution in [0.5, 0.6) is 17.2 Å². The third-order valence-corrected chi connectivity index (χ3v) is 5.55. The number of hydrogen-bond acceptors (Lipinski definition) is 6. The lowest BCUT2D eigenvalue weighted by Gasteiger charge is -2.09. The summed E-state index contributed by atoms with van der Waals surface area (Å²) in [6.45, 7) is 2.41. The summed E-state index contributed by atoms with van der Waals surface area (Å²) in [5.41, 5.74) is 3.32. The first kappa shape index (κ1) is 24.0. The lowest BCUT2D eigenvalue weighted by molar-refractivity contribution is 0.0734.